The third-order valence-electron chi connectivity index (χ3n) is 4.22. The molecule has 2 aromatic carbocycles. The van der Waals surface area contributed by atoms with Gasteiger partial charge >= 0.3 is 0 Å². The third kappa shape index (κ3) is 5.54. The van der Waals surface area contributed by atoms with E-state index in [2.05, 4.69) is 27.5 Å². The van der Waals surface area contributed by atoms with Crippen molar-refractivity contribution in [1.29, 1.82) is 0 Å². The van der Waals surface area contributed by atoms with Crippen molar-refractivity contribution in [1.82, 2.24) is 15.4 Å². The van der Waals surface area contributed by atoms with Gasteiger partial charge in [0, 0.05) is 30.7 Å². The number of sulfonamides is 1. The Labute approximate surface area is 172 Å². The highest BCUT2D eigenvalue weighted by Gasteiger charge is 2.22. The first-order chi connectivity index (χ1) is 12.6. The van der Waals surface area contributed by atoms with Crippen molar-refractivity contribution < 1.29 is 13.2 Å². The topological polar surface area (TPSA) is 87.3 Å². The Hall–Kier alpha value is -1.93. The van der Waals surface area contributed by atoms with Gasteiger partial charge in [-0.25, -0.2) is 13.1 Å². The molecule has 0 unspecified atom stereocenters. The minimum atomic E-state index is -3.61. The van der Waals surface area contributed by atoms with E-state index in [1.807, 2.05) is 6.07 Å². The zero-order chi connectivity index (χ0) is 19.7. The molecule has 0 saturated carbocycles. The maximum atomic E-state index is 12.4. The van der Waals surface area contributed by atoms with Crippen LogP contribution in [0.2, 0.25) is 0 Å². The Morgan fingerprint density at radius 2 is 1.68 bits per heavy atom. The molecular weight excluding hydrogens is 398 g/mol. The zero-order valence-corrected chi connectivity index (χ0v) is 17.8. The van der Waals surface area contributed by atoms with E-state index in [9.17, 15) is 13.2 Å². The minimum Gasteiger partial charge on any atom is -0.348 e. The standard InChI is InChI=1S/C20H25N3O3S.ClH/c1-20(2,3)23-27(25,26)18-8-6-15(7-9-18)19(24)22-11-14-4-5-16-12-21-13-17(16)10-14;/h4-10,21,23H,11-13H2,1-3H3,(H,22,24);1H. The fraction of sp³-hybridized carbons (Fsp3) is 0.350. The maximum Gasteiger partial charge on any atom is 0.251 e. The van der Waals surface area contributed by atoms with Crippen molar-refractivity contribution in [2.24, 2.45) is 0 Å². The predicted molar refractivity (Wildman–Crippen MR) is 112 cm³/mol. The summed E-state index contributed by atoms with van der Waals surface area (Å²) in [6, 6.07) is 12.1. The highest BCUT2D eigenvalue weighted by atomic mass is 35.5. The molecule has 3 N–H and O–H groups in total. The summed E-state index contributed by atoms with van der Waals surface area (Å²) >= 11 is 0. The predicted octanol–water partition coefficient (Wildman–Crippen LogP) is 2.72. The van der Waals surface area contributed by atoms with Gasteiger partial charge in [-0.1, -0.05) is 18.2 Å². The normalized spacial score (nSPS) is 13.5. The van der Waals surface area contributed by atoms with Crippen LogP contribution in [-0.4, -0.2) is 19.9 Å². The molecule has 28 heavy (non-hydrogen) atoms. The molecule has 2 aromatic rings. The number of hydrogen-bond donors (Lipinski definition) is 3. The number of nitrogens with one attached hydrogen (secondary N) is 3. The van der Waals surface area contributed by atoms with Crippen molar-refractivity contribution in [2.45, 2.75) is 50.8 Å². The quantitative estimate of drug-likeness (QED) is 0.690. The lowest BCUT2D eigenvalue weighted by molar-refractivity contribution is 0.0951. The van der Waals surface area contributed by atoms with Gasteiger partial charge in [0.2, 0.25) is 10.0 Å². The summed E-state index contributed by atoms with van der Waals surface area (Å²) in [6.45, 7) is 7.51. The zero-order valence-electron chi connectivity index (χ0n) is 16.2. The van der Waals surface area contributed by atoms with Crippen molar-refractivity contribution in [2.75, 3.05) is 0 Å². The Bertz CT molecular complexity index is 952. The molecule has 0 spiro atoms. The van der Waals surface area contributed by atoms with Gasteiger partial charge in [0.1, 0.15) is 0 Å². The summed E-state index contributed by atoms with van der Waals surface area (Å²) in [5.41, 5.74) is 3.46. The maximum absolute atomic E-state index is 12.4. The van der Waals surface area contributed by atoms with E-state index < -0.39 is 15.6 Å². The number of halogens is 1. The summed E-state index contributed by atoms with van der Waals surface area (Å²) in [7, 11) is -3.61. The van der Waals surface area contributed by atoms with Crippen LogP contribution in [0.15, 0.2) is 47.4 Å². The van der Waals surface area contributed by atoms with Crippen LogP contribution in [0.1, 0.15) is 47.8 Å². The summed E-state index contributed by atoms with van der Waals surface area (Å²) in [5.74, 6) is -0.235. The van der Waals surface area contributed by atoms with Gasteiger partial charge in [-0.2, -0.15) is 0 Å². The molecule has 8 heteroatoms. The molecule has 152 valence electrons. The van der Waals surface area contributed by atoms with Crippen LogP contribution in [0, 0.1) is 0 Å². The van der Waals surface area contributed by atoms with Crippen molar-refractivity contribution in [3.63, 3.8) is 0 Å². The Kier molecular flexibility index (Phi) is 6.88. The highest BCUT2D eigenvalue weighted by Crippen LogP contribution is 2.17. The Morgan fingerprint density at radius 1 is 1.04 bits per heavy atom. The molecule has 0 radical (unpaired) electrons. The van der Waals surface area contributed by atoms with E-state index in [0.717, 1.165) is 18.7 Å². The third-order valence-corrected chi connectivity index (χ3v) is 6.00. The van der Waals surface area contributed by atoms with E-state index in [1.165, 1.54) is 35.4 Å². The molecule has 3 rings (SSSR count). The summed E-state index contributed by atoms with van der Waals surface area (Å²) in [4.78, 5) is 12.5. The van der Waals surface area contributed by atoms with Crippen LogP contribution >= 0.6 is 12.4 Å². The number of hydrogen-bond acceptors (Lipinski definition) is 4. The number of benzene rings is 2. The fourth-order valence-electron chi connectivity index (χ4n) is 2.99. The Balaban J connectivity index is 0.00000280. The number of carbonyl (C=O) groups is 1. The van der Waals surface area contributed by atoms with Crippen LogP contribution in [0.3, 0.4) is 0 Å². The average molecular weight is 424 g/mol. The van der Waals surface area contributed by atoms with E-state index >= 15 is 0 Å². The second-order valence-corrected chi connectivity index (χ2v) is 9.45. The second-order valence-electron chi connectivity index (χ2n) is 7.77. The van der Waals surface area contributed by atoms with E-state index in [0.29, 0.717) is 12.1 Å². The van der Waals surface area contributed by atoms with Crippen LogP contribution in [-0.2, 0) is 29.7 Å². The smallest absolute Gasteiger partial charge is 0.251 e. The lowest BCUT2D eigenvalue weighted by Crippen LogP contribution is -2.40. The lowest BCUT2D eigenvalue weighted by Gasteiger charge is -2.20. The van der Waals surface area contributed by atoms with Crippen LogP contribution in [0.25, 0.3) is 0 Å². The van der Waals surface area contributed by atoms with E-state index in [4.69, 9.17) is 0 Å². The molecule has 1 aliphatic rings. The van der Waals surface area contributed by atoms with Gasteiger partial charge in [-0.15, -0.1) is 12.4 Å². The summed E-state index contributed by atoms with van der Waals surface area (Å²) in [5, 5.41) is 6.17. The van der Waals surface area contributed by atoms with Gasteiger partial charge in [-0.3, -0.25) is 4.79 Å². The van der Waals surface area contributed by atoms with E-state index in [-0.39, 0.29) is 23.2 Å². The molecule has 1 heterocycles. The van der Waals surface area contributed by atoms with Gasteiger partial charge in [-0.05, 0) is 61.7 Å². The summed E-state index contributed by atoms with van der Waals surface area (Å²) < 4.78 is 27.2. The molecule has 0 saturated heterocycles. The number of amides is 1. The minimum absolute atomic E-state index is 0. The first-order valence-electron chi connectivity index (χ1n) is 8.88. The molecule has 1 aliphatic heterocycles. The summed E-state index contributed by atoms with van der Waals surface area (Å²) in [6.07, 6.45) is 0. The molecular formula is C20H26ClN3O3S. The van der Waals surface area contributed by atoms with Gasteiger partial charge in [0.15, 0.2) is 0 Å². The highest BCUT2D eigenvalue weighted by molar-refractivity contribution is 7.89. The molecule has 0 aromatic heterocycles. The monoisotopic (exact) mass is 423 g/mol. The van der Waals surface area contributed by atoms with Crippen LogP contribution in [0.4, 0.5) is 0 Å². The SMILES string of the molecule is CC(C)(C)NS(=O)(=O)c1ccc(C(=O)NCc2ccc3c(c2)CNC3)cc1.Cl. The number of carbonyl (C=O) groups excluding carboxylic acids is 1. The molecule has 0 atom stereocenters. The second kappa shape index (κ2) is 8.61. The molecule has 0 bridgehead atoms. The number of fused-ring (bicyclic) bond motifs is 1. The van der Waals surface area contributed by atoms with Gasteiger partial charge < -0.3 is 10.6 Å². The fourth-order valence-corrected chi connectivity index (χ4v) is 4.41. The van der Waals surface area contributed by atoms with Crippen LogP contribution in [0.5, 0.6) is 0 Å². The van der Waals surface area contributed by atoms with Crippen molar-refractivity contribution in [3.05, 3.63) is 64.7 Å². The largest absolute Gasteiger partial charge is 0.348 e. The van der Waals surface area contributed by atoms with Crippen LogP contribution < -0.4 is 15.4 Å². The van der Waals surface area contributed by atoms with E-state index in [1.54, 1.807) is 20.8 Å². The average Bonchev–Trinajstić information content (AvgIpc) is 3.05. The Morgan fingerprint density at radius 3 is 2.32 bits per heavy atom. The first-order valence-corrected chi connectivity index (χ1v) is 10.4. The molecule has 0 aliphatic carbocycles. The first kappa shape index (κ1) is 22.4. The van der Waals surface area contributed by atoms with Gasteiger partial charge in [0.05, 0.1) is 4.90 Å². The van der Waals surface area contributed by atoms with Crippen molar-refractivity contribution >= 4 is 28.3 Å². The number of rotatable bonds is 5. The molecule has 0 fully saturated rings. The molecule has 6 nitrogen and oxygen atoms in total. The van der Waals surface area contributed by atoms with Crippen molar-refractivity contribution in [3.8, 4) is 0 Å². The lowest BCUT2D eigenvalue weighted by atomic mass is 10.1. The van der Waals surface area contributed by atoms with Gasteiger partial charge in [0.25, 0.3) is 5.91 Å². The molecule has 1 amide bonds.